The molecule has 0 saturated heterocycles. The van der Waals surface area contributed by atoms with E-state index in [1.807, 2.05) is 22.2 Å². The molecule has 0 amide bonds. The normalized spacial score (nSPS) is 11.8. The zero-order valence-electron chi connectivity index (χ0n) is 12.5. The Morgan fingerprint density at radius 1 is 1.38 bits per heavy atom. The minimum atomic E-state index is -0.778. The van der Waals surface area contributed by atoms with E-state index in [-0.39, 0.29) is 6.42 Å². The Hall–Kier alpha value is -2.30. The predicted molar refractivity (Wildman–Crippen MR) is 81.7 cm³/mol. The van der Waals surface area contributed by atoms with Crippen LogP contribution < -0.4 is 0 Å². The van der Waals surface area contributed by atoms with Gasteiger partial charge in [0.2, 0.25) is 5.78 Å². The van der Waals surface area contributed by atoms with Crippen LogP contribution in [0, 0.1) is 0 Å². The first kappa shape index (κ1) is 13.7. The fraction of sp³-hybridized carbons (Fsp3) is 0.375. The van der Waals surface area contributed by atoms with E-state index < -0.39 is 5.97 Å². The lowest BCUT2D eigenvalue weighted by Gasteiger charge is -2.04. The minimum absolute atomic E-state index is 0.135. The highest BCUT2D eigenvalue weighted by Crippen LogP contribution is 2.23. The van der Waals surface area contributed by atoms with Crippen LogP contribution in [0.1, 0.15) is 37.4 Å². The van der Waals surface area contributed by atoms with Crippen molar-refractivity contribution < 1.29 is 9.90 Å². The van der Waals surface area contributed by atoms with Crippen molar-refractivity contribution in [3.05, 3.63) is 35.7 Å². The van der Waals surface area contributed by atoms with Crippen LogP contribution in [0.25, 0.3) is 16.8 Å². The summed E-state index contributed by atoms with van der Waals surface area (Å²) in [6.45, 7) is 4.34. The smallest absolute Gasteiger partial charge is 0.303 e. The first-order chi connectivity index (χ1) is 9.97. The molecule has 2 aromatic heterocycles. The molecule has 3 rings (SSSR count). The number of carboxylic acid groups (broad SMARTS) is 1. The summed E-state index contributed by atoms with van der Waals surface area (Å²) >= 11 is 0. The largest absolute Gasteiger partial charge is 0.481 e. The fourth-order valence-corrected chi connectivity index (χ4v) is 2.66. The van der Waals surface area contributed by atoms with Crippen LogP contribution >= 0.6 is 0 Å². The Labute approximate surface area is 122 Å². The van der Waals surface area contributed by atoms with Crippen LogP contribution in [0.5, 0.6) is 0 Å². The minimum Gasteiger partial charge on any atom is -0.481 e. The highest BCUT2D eigenvalue weighted by atomic mass is 16.4. The first-order valence-corrected chi connectivity index (χ1v) is 7.15. The van der Waals surface area contributed by atoms with E-state index in [2.05, 4.69) is 37.0 Å². The van der Waals surface area contributed by atoms with Gasteiger partial charge in [0.15, 0.2) is 0 Å². The van der Waals surface area contributed by atoms with Gasteiger partial charge in [-0.25, -0.2) is 4.98 Å². The second kappa shape index (κ2) is 4.91. The lowest BCUT2D eigenvalue weighted by atomic mass is 10.0. The molecule has 0 aliphatic carbocycles. The molecule has 0 fully saturated rings. The summed E-state index contributed by atoms with van der Waals surface area (Å²) in [4.78, 5) is 15.4. The van der Waals surface area contributed by atoms with Crippen molar-refractivity contribution in [2.24, 2.45) is 7.05 Å². The van der Waals surface area contributed by atoms with Gasteiger partial charge in [-0.1, -0.05) is 19.9 Å². The summed E-state index contributed by atoms with van der Waals surface area (Å²) in [6, 6.07) is 6.35. The molecular formula is C16H19N3O2. The van der Waals surface area contributed by atoms with Crippen LogP contribution in [-0.2, 0) is 18.3 Å². The van der Waals surface area contributed by atoms with Gasteiger partial charge in [0.1, 0.15) is 0 Å². The van der Waals surface area contributed by atoms with Crippen molar-refractivity contribution in [3.8, 4) is 0 Å². The summed E-state index contributed by atoms with van der Waals surface area (Å²) in [7, 11) is 1.93. The Morgan fingerprint density at radius 3 is 2.81 bits per heavy atom. The molecule has 0 unspecified atom stereocenters. The number of carboxylic acids is 1. The van der Waals surface area contributed by atoms with Gasteiger partial charge in [0, 0.05) is 18.9 Å². The standard InChI is InChI=1S/C16H19N3O2/c1-10(2)11-4-6-14-13(8-11)17-16-18(3)12(9-19(14)16)5-7-15(20)21/h4,6,8-10H,5,7H2,1-3H3,(H,20,21). The van der Waals surface area contributed by atoms with Crippen LogP contribution in [0.15, 0.2) is 24.4 Å². The molecule has 0 saturated carbocycles. The van der Waals surface area contributed by atoms with Gasteiger partial charge in [0.05, 0.1) is 17.5 Å². The van der Waals surface area contributed by atoms with Gasteiger partial charge in [-0.05, 0) is 30.0 Å². The number of imidazole rings is 2. The summed E-state index contributed by atoms with van der Waals surface area (Å²) in [5.74, 6) is 0.553. The molecule has 0 aliphatic rings. The second-order valence-electron chi connectivity index (χ2n) is 5.76. The lowest BCUT2D eigenvalue weighted by Crippen LogP contribution is -2.02. The van der Waals surface area contributed by atoms with Gasteiger partial charge >= 0.3 is 5.97 Å². The Bertz CT molecular complexity index is 827. The maximum atomic E-state index is 10.7. The molecule has 5 nitrogen and oxygen atoms in total. The number of aliphatic carboxylic acids is 1. The number of benzene rings is 1. The highest BCUT2D eigenvalue weighted by molar-refractivity contribution is 5.80. The van der Waals surface area contributed by atoms with Gasteiger partial charge < -0.3 is 9.67 Å². The molecule has 5 heteroatoms. The SMILES string of the molecule is CC(C)c1ccc2c(c1)nc1n(C)c(CCC(=O)O)cn21. The molecule has 0 aliphatic heterocycles. The number of rotatable bonds is 4. The van der Waals surface area contributed by atoms with E-state index in [4.69, 9.17) is 5.11 Å². The quantitative estimate of drug-likeness (QED) is 0.801. The highest BCUT2D eigenvalue weighted by Gasteiger charge is 2.13. The summed E-state index contributed by atoms with van der Waals surface area (Å²) in [5.41, 5.74) is 4.30. The molecule has 1 aromatic carbocycles. The molecule has 110 valence electrons. The number of fused-ring (bicyclic) bond motifs is 3. The first-order valence-electron chi connectivity index (χ1n) is 7.15. The number of hydrogen-bond donors (Lipinski definition) is 1. The number of carbonyl (C=O) groups is 1. The van der Waals surface area contributed by atoms with Crippen LogP contribution in [0.4, 0.5) is 0 Å². The third-order valence-corrected chi connectivity index (χ3v) is 3.97. The second-order valence-corrected chi connectivity index (χ2v) is 5.76. The van der Waals surface area contributed by atoms with Gasteiger partial charge in [-0.3, -0.25) is 9.20 Å². The van der Waals surface area contributed by atoms with E-state index in [9.17, 15) is 4.79 Å². The molecule has 0 radical (unpaired) electrons. The number of aromatic nitrogens is 3. The third kappa shape index (κ3) is 2.28. The summed E-state index contributed by atoms with van der Waals surface area (Å²) in [5, 5.41) is 8.81. The van der Waals surface area contributed by atoms with Gasteiger partial charge in [-0.2, -0.15) is 0 Å². The summed E-state index contributed by atoms with van der Waals surface area (Å²) < 4.78 is 4.01. The molecule has 21 heavy (non-hydrogen) atoms. The third-order valence-electron chi connectivity index (χ3n) is 3.97. The van der Waals surface area contributed by atoms with E-state index in [1.54, 1.807) is 0 Å². The van der Waals surface area contributed by atoms with Crippen molar-refractivity contribution in [3.63, 3.8) is 0 Å². The molecule has 0 spiro atoms. The zero-order chi connectivity index (χ0) is 15.1. The number of hydrogen-bond acceptors (Lipinski definition) is 2. The van der Waals surface area contributed by atoms with Crippen LogP contribution in [0.2, 0.25) is 0 Å². The van der Waals surface area contributed by atoms with Crippen LogP contribution in [-0.4, -0.2) is 25.0 Å². The molecule has 3 aromatic rings. The molecule has 2 heterocycles. The Kier molecular flexibility index (Phi) is 3.20. The van der Waals surface area contributed by atoms with E-state index in [0.717, 1.165) is 22.5 Å². The van der Waals surface area contributed by atoms with E-state index in [0.29, 0.717) is 12.3 Å². The van der Waals surface area contributed by atoms with E-state index in [1.165, 1.54) is 5.56 Å². The lowest BCUT2D eigenvalue weighted by molar-refractivity contribution is -0.136. The molecule has 0 bridgehead atoms. The van der Waals surface area contributed by atoms with Crippen LogP contribution in [0.3, 0.4) is 0 Å². The molecule has 0 atom stereocenters. The van der Waals surface area contributed by atoms with Crippen molar-refractivity contribution in [2.75, 3.05) is 0 Å². The average molecular weight is 285 g/mol. The predicted octanol–water partition coefficient (Wildman–Crippen LogP) is 2.97. The maximum absolute atomic E-state index is 10.7. The topological polar surface area (TPSA) is 59.5 Å². The van der Waals surface area contributed by atoms with Crippen molar-refractivity contribution in [2.45, 2.75) is 32.6 Å². The van der Waals surface area contributed by atoms with E-state index >= 15 is 0 Å². The van der Waals surface area contributed by atoms with Gasteiger partial charge in [-0.15, -0.1) is 0 Å². The molecular weight excluding hydrogens is 266 g/mol. The van der Waals surface area contributed by atoms with Crippen molar-refractivity contribution >= 4 is 22.8 Å². The monoisotopic (exact) mass is 285 g/mol. The van der Waals surface area contributed by atoms with Gasteiger partial charge in [0.25, 0.3) is 0 Å². The number of aryl methyl sites for hydroxylation is 2. The zero-order valence-corrected chi connectivity index (χ0v) is 12.5. The average Bonchev–Trinajstić information content (AvgIpc) is 2.93. The molecule has 1 N–H and O–H groups in total. The Morgan fingerprint density at radius 2 is 2.14 bits per heavy atom. The fourth-order valence-electron chi connectivity index (χ4n) is 2.66. The van der Waals surface area contributed by atoms with Crippen molar-refractivity contribution in [1.82, 2.24) is 14.0 Å². The Balaban J connectivity index is 2.10. The van der Waals surface area contributed by atoms with Crippen molar-refractivity contribution in [1.29, 1.82) is 0 Å². The number of nitrogens with zero attached hydrogens (tertiary/aromatic N) is 3. The maximum Gasteiger partial charge on any atom is 0.303 e. The summed E-state index contributed by atoms with van der Waals surface area (Å²) in [6.07, 6.45) is 2.64.